The van der Waals surface area contributed by atoms with Gasteiger partial charge in [0.05, 0.1) is 11.1 Å². The number of pyridine rings is 1. The average Bonchev–Trinajstić information content (AvgIpc) is 3.14. The van der Waals surface area contributed by atoms with Gasteiger partial charge in [-0.2, -0.15) is 10.5 Å². The van der Waals surface area contributed by atoms with Crippen LogP contribution in [0.3, 0.4) is 0 Å². The highest BCUT2D eigenvalue weighted by molar-refractivity contribution is 7.98. The number of carboxylic acid groups (broad SMARTS) is 1. The molecular formula is C27H33N7O3S. The Morgan fingerprint density at radius 1 is 1.11 bits per heavy atom. The first-order chi connectivity index (χ1) is 18.3. The van der Waals surface area contributed by atoms with Crippen molar-refractivity contribution in [2.75, 3.05) is 51.7 Å². The molecule has 0 bridgehead atoms. The number of benzene rings is 1. The van der Waals surface area contributed by atoms with E-state index in [1.54, 1.807) is 0 Å². The molecule has 1 fully saturated rings. The second-order valence-electron chi connectivity index (χ2n) is 9.21. The summed E-state index contributed by atoms with van der Waals surface area (Å²) in [5.74, 6) is 0.888. The fourth-order valence-electron chi connectivity index (χ4n) is 4.22. The number of nitrogens with one attached hydrogen (secondary N) is 1. The zero-order valence-electron chi connectivity index (χ0n) is 22.0. The van der Waals surface area contributed by atoms with E-state index in [0.717, 1.165) is 54.2 Å². The molecule has 0 atom stereocenters. The van der Waals surface area contributed by atoms with Crippen molar-refractivity contribution in [3.05, 3.63) is 52.1 Å². The molecule has 0 unspecified atom stereocenters. The summed E-state index contributed by atoms with van der Waals surface area (Å²) < 4.78 is 0. The average molecular weight is 536 g/mol. The van der Waals surface area contributed by atoms with Crippen molar-refractivity contribution >= 4 is 29.6 Å². The van der Waals surface area contributed by atoms with Crippen molar-refractivity contribution in [2.24, 2.45) is 0 Å². The maximum Gasteiger partial charge on any atom is 0.407 e. The van der Waals surface area contributed by atoms with E-state index in [0.29, 0.717) is 40.7 Å². The van der Waals surface area contributed by atoms with Gasteiger partial charge in [0.25, 0.3) is 0 Å². The Labute approximate surface area is 227 Å². The van der Waals surface area contributed by atoms with Crippen molar-refractivity contribution in [3.63, 3.8) is 0 Å². The fourth-order valence-corrected chi connectivity index (χ4v) is 5.18. The van der Waals surface area contributed by atoms with E-state index in [2.05, 4.69) is 34.3 Å². The Balaban J connectivity index is 1.73. The Morgan fingerprint density at radius 2 is 1.79 bits per heavy atom. The Hall–Kier alpha value is -3.80. The number of anilines is 1. The standard InChI is InChI=1S/C27H33N7O3S/c1-4-21-22(14-28)25(34-11-5-10-32(2)12-13-34)31-26(23(21)15-29)38-18-20-8-6-19(7-9-20)16-30-24(35)17-33(3)27(36)37/h6-9H,4-5,10-13,16-18H2,1-3H3,(H,30,35)(H,36,37). The molecule has 1 aliphatic heterocycles. The van der Waals surface area contributed by atoms with Crippen LogP contribution in [-0.2, 0) is 23.5 Å². The maximum absolute atomic E-state index is 11.9. The Morgan fingerprint density at radius 3 is 2.42 bits per heavy atom. The van der Waals surface area contributed by atoms with E-state index in [-0.39, 0.29) is 12.5 Å². The highest BCUT2D eigenvalue weighted by atomic mass is 32.2. The smallest absolute Gasteiger partial charge is 0.407 e. The summed E-state index contributed by atoms with van der Waals surface area (Å²) in [6.45, 7) is 5.51. The molecule has 0 spiro atoms. The molecule has 1 aliphatic rings. The summed E-state index contributed by atoms with van der Waals surface area (Å²) in [7, 11) is 3.44. The number of hydrogen-bond donors (Lipinski definition) is 2. The molecule has 0 radical (unpaired) electrons. The van der Waals surface area contributed by atoms with Crippen LogP contribution < -0.4 is 10.2 Å². The molecule has 2 N–H and O–H groups in total. The van der Waals surface area contributed by atoms with Crippen LogP contribution in [0.5, 0.6) is 0 Å². The van der Waals surface area contributed by atoms with Gasteiger partial charge in [-0.25, -0.2) is 9.78 Å². The molecule has 1 aromatic heterocycles. The number of nitrogens with zero attached hydrogens (tertiary/aromatic N) is 6. The van der Waals surface area contributed by atoms with Gasteiger partial charge in [0.1, 0.15) is 29.5 Å². The molecule has 200 valence electrons. The highest BCUT2D eigenvalue weighted by Crippen LogP contribution is 2.33. The molecule has 11 heteroatoms. The van der Waals surface area contributed by atoms with Crippen molar-refractivity contribution < 1.29 is 14.7 Å². The Kier molecular flexibility index (Phi) is 10.3. The van der Waals surface area contributed by atoms with Crippen molar-refractivity contribution in [2.45, 2.75) is 37.1 Å². The van der Waals surface area contributed by atoms with Gasteiger partial charge >= 0.3 is 6.09 Å². The van der Waals surface area contributed by atoms with Crippen LogP contribution >= 0.6 is 11.8 Å². The number of carbonyl (C=O) groups excluding carboxylic acids is 1. The predicted octanol–water partition coefficient (Wildman–Crippen LogP) is 3.05. The van der Waals surface area contributed by atoms with Crippen LogP contribution in [0.15, 0.2) is 29.3 Å². The normalized spacial score (nSPS) is 13.8. The number of carbonyl (C=O) groups is 2. The summed E-state index contributed by atoms with van der Waals surface area (Å²) in [6.07, 6.45) is 0.400. The van der Waals surface area contributed by atoms with Gasteiger partial charge in [0, 0.05) is 39.0 Å². The van der Waals surface area contributed by atoms with Crippen LogP contribution in [0, 0.1) is 22.7 Å². The maximum atomic E-state index is 11.9. The minimum atomic E-state index is -1.16. The number of nitriles is 2. The first-order valence-electron chi connectivity index (χ1n) is 12.5. The monoisotopic (exact) mass is 535 g/mol. The molecular weight excluding hydrogens is 502 g/mol. The topological polar surface area (TPSA) is 137 Å². The van der Waals surface area contributed by atoms with E-state index >= 15 is 0 Å². The lowest BCUT2D eigenvalue weighted by molar-refractivity contribution is -0.121. The van der Waals surface area contributed by atoms with Crippen molar-refractivity contribution in [3.8, 4) is 12.1 Å². The van der Waals surface area contributed by atoms with Gasteiger partial charge in [0.15, 0.2) is 0 Å². The molecule has 1 saturated heterocycles. The summed E-state index contributed by atoms with van der Waals surface area (Å²) in [4.78, 5) is 33.0. The number of hydrogen-bond acceptors (Lipinski definition) is 8. The van der Waals surface area contributed by atoms with Crippen LogP contribution in [-0.4, -0.2) is 78.7 Å². The third-order valence-corrected chi connectivity index (χ3v) is 7.49. The quantitative estimate of drug-likeness (QED) is 0.464. The lowest BCUT2D eigenvalue weighted by Gasteiger charge is -2.25. The van der Waals surface area contributed by atoms with Crippen LogP contribution in [0.2, 0.25) is 0 Å². The van der Waals surface area contributed by atoms with Crippen LogP contribution in [0.4, 0.5) is 10.6 Å². The molecule has 2 heterocycles. The Bertz CT molecular complexity index is 1240. The number of likely N-dealkylation sites (N-methyl/N-ethyl adjacent to an activating group) is 2. The molecule has 1 aromatic carbocycles. The summed E-state index contributed by atoms with van der Waals surface area (Å²) in [5, 5.41) is 32.1. The van der Waals surface area contributed by atoms with Crippen LogP contribution in [0.1, 0.15) is 41.2 Å². The van der Waals surface area contributed by atoms with Gasteiger partial charge in [-0.1, -0.05) is 31.2 Å². The summed E-state index contributed by atoms with van der Waals surface area (Å²) in [6, 6.07) is 12.3. The molecule has 0 saturated carbocycles. The zero-order chi connectivity index (χ0) is 27.7. The third-order valence-electron chi connectivity index (χ3n) is 6.44. The van der Waals surface area contributed by atoms with Gasteiger partial charge < -0.3 is 25.1 Å². The summed E-state index contributed by atoms with van der Waals surface area (Å²) >= 11 is 1.48. The number of thioether (sulfide) groups is 1. The molecule has 10 nitrogen and oxygen atoms in total. The fraction of sp³-hybridized carbons (Fsp3) is 0.444. The second-order valence-corrected chi connectivity index (χ2v) is 10.2. The molecule has 38 heavy (non-hydrogen) atoms. The first kappa shape index (κ1) is 28.8. The minimum absolute atomic E-state index is 0.223. The second kappa shape index (κ2) is 13.7. The SMILES string of the molecule is CCc1c(C#N)c(SCc2ccc(CNC(=O)CN(C)C(=O)O)cc2)nc(N2CCCN(C)CC2)c1C#N. The molecule has 3 rings (SSSR count). The highest BCUT2D eigenvalue weighted by Gasteiger charge is 2.24. The number of rotatable bonds is 9. The first-order valence-corrected chi connectivity index (χ1v) is 13.5. The molecule has 2 amide bonds. The lowest BCUT2D eigenvalue weighted by atomic mass is 10.0. The van der Waals surface area contributed by atoms with Gasteiger partial charge in [-0.05, 0) is 43.1 Å². The van der Waals surface area contributed by atoms with Crippen molar-refractivity contribution in [1.82, 2.24) is 20.1 Å². The molecule has 0 aliphatic carbocycles. The minimum Gasteiger partial charge on any atom is -0.465 e. The number of aromatic nitrogens is 1. The van der Waals surface area contributed by atoms with Gasteiger partial charge in [-0.15, -0.1) is 11.8 Å². The van der Waals surface area contributed by atoms with E-state index in [1.165, 1.54) is 18.8 Å². The third kappa shape index (κ3) is 7.37. The molecule has 2 aromatic rings. The van der Waals surface area contributed by atoms with E-state index in [9.17, 15) is 20.1 Å². The van der Waals surface area contributed by atoms with E-state index < -0.39 is 6.09 Å². The van der Waals surface area contributed by atoms with Crippen LogP contribution in [0.25, 0.3) is 0 Å². The van der Waals surface area contributed by atoms with E-state index in [1.807, 2.05) is 31.2 Å². The predicted molar refractivity (Wildman–Crippen MR) is 146 cm³/mol. The van der Waals surface area contributed by atoms with Crippen molar-refractivity contribution in [1.29, 1.82) is 10.5 Å². The zero-order valence-corrected chi connectivity index (χ0v) is 22.8. The summed E-state index contributed by atoms with van der Waals surface area (Å²) in [5.41, 5.74) is 3.64. The van der Waals surface area contributed by atoms with E-state index in [4.69, 9.17) is 10.1 Å². The number of amides is 2. The van der Waals surface area contributed by atoms with Gasteiger partial charge in [0.2, 0.25) is 5.91 Å². The largest absolute Gasteiger partial charge is 0.465 e. The van der Waals surface area contributed by atoms with Gasteiger partial charge in [-0.3, -0.25) is 4.79 Å². The lowest BCUT2D eigenvalue weighted by Crippen LogP contribution is -2.37.